The Labute approximate surface area is 119 Å². The van der Waals surface area contributed by atoms with Crippen LogP contribution in [0.15, 0.2) is 6.07 Å². The van der Waals surface area contributed by atoms with Gasteiger partial charge in [0.1, 0.15) is 5.69 Å². The van der Waals surface area contributed by atoms with E-state index in [2.05, 4.69) is 5.32 Å². The van der Waals surface area contributed by atoms with E-state index in [9.17, 15) is 26.0 Å². The minimum atomic E-state index is -4.14. The molecule has 1 saturated heterocycles. The van der Waals surface area contributed by atoms with E-state index < -0.39 is 44.7 Å². The fourth-order valence-electron chi connectivity index (χ4n) is 2.19. The van der Waals surface area contributed by atoms with Crippen molar-refractivity contribution in [2.75, 3.05) is 17.0 Å². The second-order valence-corrected chi connectivity index (χ2v) is 6.64. The van der Waals surface area contributed by atoms with Crippen LogP contribution >= 0.6 is 0 Å². The normalized spacial score (nSPS) is 19.5. The predicted molar refractivity (Wildman–Crippen MR) is 69.3 cm³/mol. The maximum absolute atomic E-state index is 13.4. The lowest BCUT2D eigenvalue weighted by molar-refractivity contribution is 0.424. The average Bonchev–Trinajstić information content (AvgIpc) is 2.42. The summed E-state index contributed by atoms with van der Waals surface area (Å²) < 4.78 is 78.2. The molecule has 4 nitrogen and oxygen atoms in total. The molecule has 0 saturated carbocycles. The largest absolute Gasteiger partial charge is 0.313 e. The quantitative estimate of drug-likeness (QED) is 0.658. The predicted octanol–water partition coefficient (Wildman–Crippen LogP) is 2.13. The van der Waals surface area contributed by atoms with Gasteiger partial charge in [0.25, 0.3) is 0 Å². The molecule has 118 valence electrons. The molecule has 1 atom stereocenters. The monoisotopic (exact) mass is 326 g/mol. The zero-order valence-corrected chi connectivity index (χ0v) is 11.7. The summed E-state index contributed by atoms with van der Waals surface area (Å²) in [5.74, 6) is -7.29. The number of nitrogens with one attached hydrogen (secondary N) is 2. The number of hydrogen-bond acceptors (Lipinski definition) is 3. The molecule has 0 aromatic heterocycles. The average molecular weight is 326 g/mol. The van der Waals surface area contributed by atoms with Crippen molar-refractivity contribution in [3.63, 3.8) is 0 Å². The SMILES string of the molecule is O=S(=O)(CC1CCCCN1)Nc1c(F)c(F)cc(F)c1F. The topological polar surface area (TPSA) is 58.2 Å². The van der Waals surface area contributed by atoms with Crippen LogP contribution < -0.4 is 10.0 Å². The molecule has 0 radical (unpaired) electrons. The molecule has 1 aliphatic heterocycles. The van der Waals surface area contributed by atoms with Gasteiger partial charge in [-0.05, 0) is 19.4 Å². The number of hydrogen-bond donors (Lipinski definition) is 2. The van der Waals surface area contributed by atoms with Crippen molar-refractivity contribution in [2.45, 2.75) is 25.3 Å². The molecule has 1 aromatic carbocycles. The fraction of sp³-hybridized carbons (Fsp3) is 0.500. The van der Waals surface area contributed by atoms with Crippen LogP contribution in [0.5, 0.6) is 0 Å². The van der Waals surface area contributed by atoms with E-state index in [4.69, 9.17) is 0 Å². The Morgan fingerprint density at radius 3 is 2.29 bits per heavy atom. The molecule has 1 aromatic rings. The first-order valence-corrected chi connectivity index (χ1v) is 8.02. The van der Waals surface area contributed by atoms with Crippen LogP contribution in [-0.4, -0.2) is 26.8 Å². The van der Waals surface area contributed by atoms with Gasteiger partial charge in [0.2, 0.25) is 10.0 Å². The number of rotatable bonds is 4. The van der Waals surface area contributed by atoms with Crippen LogP contribution in [-0.2, 0) is 10.0 Å². The van der Waals surface area contributed by atoms with Crippen molar-refractivity contribution in [2.24, 2.45) is 0 Å². The van der Waals surface area contributed by atoms with Gasteiger partial charge in [0, 0.05) is 12.1 Å². The molecule has 1 heterocycles. The van der Waals surface area contributed by atoms with Crippen molar-refractivity contribution in [1.82, 2.24) is 5.32 Å². The molecule has 1 unspecified atom stereocenters. The Morgan fingerprint density at radius 2 is 1.76 bits per heavy atom. The summed E-state index contributed by atoms with van der Waals surface area (Å²) in [4.78, 5) is 0. The molecular weight excluding hydrogens is 312 g/mol. The number of halogens is 4. The van der Waals surface area contributed by atoms with Crippen LogP contribution in [0.1, 0.15) is 19.3 Å². The zero-order valence-electron chi connectivity index (χ0n) is 10.9. The van der Waals surface area contributed by atoms with Gasteiger partial charge < -0.3 is 5.32 Å². The Bertz CT molecular complexity index is 604. The van der Waals surface area contributed by atoms with Crippen molar-refractivity contribution in [3.05, 3.63) is 29.3 Å². The van der Waals surface area contributed by atoms with Gasteiger partial charge in [0.15, 0.2) is 23.3 Å². The first kappa shape index (κ1) is 16.0. The smallest absolute Gasteiger partial charge is 0.234 e. The third-order valence-corrected chi connectivity index (χ3v) is 4.56. The van der Waals surface area contributed by atoms with E-state index in [-0.39, 0.29) is 12.1 Å². The van der Waals surface area contributed by atoms with Crippen LogP contribution in [0.2, 0.25) is 0 Å². The molecule has 1 fully saturated rings. The molecular formula is C12H14F4N2O2S. The van der Waals surface area contributed by atoms with Crippen molar-refractivity contribution in [1.29, 1.82) is 0 Å². The second-order valence-electron chi connectivity index (χ2n) is 4.87. The molecule has 21 heavy (non-hydrogen) atoms. The molecule has 1 aliphatic rings. The lowest BCUT2D eigenvalue weighted by atomic mass is 10.1. The van der Waals surface area contributed by atoms with Gasteiger partial charge in [-0.1, -0.05) is 6.42 Å². The van der Waals surface area contributed by atoms with Crippen LogP contribution in [0, 0.1) is 23.3 Å². The number of sulfonamides is 1. The Balaban J connectivity index is 2.20. The number of piperidine rings is 1. The van der Waals surface area contributed by atoms with E-state index in [0.29, 0.717) is 13.0 Å². The lowest BCUT2D eigenvalue weighted by Gasteiger charge is -2.23. The van der Waals surface area contributed by atoms with E-state index >= 15 is 0 Å². The summed E-state index contributed by atoms with van der Waals surface area (Å²) in [6.07, 6.45) is 2.36. The summed E-state index contributed by atoms with van der Waals surface area (Å²) in [5, 5.41) is 2.96. The Kier molecular flexibility index (Phi) is 4.72. The van der Waals surface area contributed by atoms with E-state index in [1.165, 1.54) is 0 Å². The van der Waals surface area contributed by atoms with Crippen molar-refractivity contribution < 1.29 is 26.0 Å². The van der Waals surface area contributed by atoms with E-state index in [1.54, 1.807) is 4.72 Å². The Morgan fingerprint density at radius 1 is 1.14 bits per heavy atom. The maximum atomic E-state index is 13.4. The highest BCUT2D eigenvalue weighted by Crippen LogP contribution is 2.25. The Hall–Kier alpha value is -1.35. The van der Waals surface area contributed by atoms with Crippen LogP contribution in [0.3, 0.4) is 0 Å². The summed E-state index contributed by atoms with van der Waals surface area (Å²) in [7, 11) is -4.14. The first-order valence-electron chi connectivity index (χ1n) is 6.37. The third kappa shape index (κ3) is 3.85. The standard InChI is InChI=1S/C12H14F4N2O2S/c13-8-5-9(14)11(16)12(10(8)15)18-21(19,20)6-7-3-1-2-4-17-7/h5,7,17-18H,1-4,6H2. The van der Waals surface area contributed by atoms with E-state index in [0.717, 1.165) is 12.8 Å². The van der Waals surface area contributed by atoms with Gasteiger partial charge in [-0.25, -0.2) is 26.0 Å². The number of benzene rings is 1. The van der Waals surface area contributed by atoms with E-state index in [1.807, 2.05) is 0 Å². The van der Waals surface area contributed by atoms with Crippen LogP contribution in [0.25, 0.3) is 0 Å². The highest BCUT2D eigenvalue weighted by Gasteiger charge is 2.26. The zero-order chi connectivity index (χ0) is 15.6. The van der Waals surface area contributed by atoms with Gasteiger partial charge in [-0.2, -0.15) is 0 Å². The minimum Gasteiger partial charge on any atom is -0.313 e. The first-order chi connectivity index (χ1) is 9.80. The molecule has 2 rings (SSSR count). The highest BCUT2D eigenvalue weighted by molar-refractivity contribution is 7.92. The minimum absolute atomic E-state index is 0.0190. The van der Waals surface area contributed by atoms with Crippen LogP contribution in [0.4, 0.5) is 23.2 Å². The highest BCUT2D eigenvalue weighted by atomic mass is 32.2. The molecule has 9 heteroatoms. The maximum Gasteiger partial charge on any atom is 0.234 e. The second kappa shape index (κ2) is 6.18. The molecule has 0 aliphatic carbocycles. The number of anilines is 1. The lowest BCUT2D eigenvalue weighted by Crippen LogP contribution is -2.40. The molecule has 0 spiro atoms. The van der Waals surface area contributed by atoms with Gasteiger partial charge in [0.05, 0.1) is 5.75 Å². The van der Waals surface area contributed by atoms with Crippen molar-refractivity contribution >= 4 is 15.7 Å². The summed E-state index contributed by atoms with van der Waals surface area (Å²) in [6, 6.07) is -0.341. The fourth-order valence-corrected chi connectivity index (χ4v) is 3.58. The van der Waals surface area contributed by atoms with Gasteiger partial charge in [-0.3, -0.25) is 4.72 Å². The van der Waals surface area contributed by atoms with Gasteiger partial charge in [-0.15, -0.1) is 0 Å². The van der Waals surface area contributed by atoms with Gasteiger partial charge >= 0.3 is 0 Å². The summed E-state index contributed by atoms with van der Waals surface area (Å²) in [6.45, 7) is 0.650. The van der Waals surface area contributed by atoms with Crippen molar-refractivity contribution in [3.8, 4) is 0 Å². The molecule has 0 bridgehead atoms. The third-order valence-electron chi connectivity index (χ3n) is 3.20. The molecule has 0 amide bonds. The summed E-state index contributed by atoms with van der Waals surface area (Å²) >= 11 is 0. The summed E-state index contributed by atoms with van der Waals surface area (Å²) in [5.41, 5.74) is -1.33. The molecule has 2 N–H and O–H groups in total.